The lowest BCUT2D eigenvalue weighted by molar-refractivity contribution is -0.116. The zero-order valence-electron chi connectivity index (χ0n) is 17.1. The molecule has 1 N–H and O–H groups in total. The Morgan fingerprint density at radius 2 is 2.03 bits per heavy atom. The monoisotopic (exact) mass is 411 g/mol. The van der Waals surface area contributed by atoms with Crippen LogP contribution in [0.1, 0.15) is 42.5 Å². The number of hydrogen-bond donors (Lipinski definition) is 1. The van der Waals surface area contributed by atoms with Crippen molar-refractivity contribution in [2.75, 3.05) is 25.5 Å². The summed E-state index contributed by atoms with van der Waals surface area (Å²) in [6.07, 6.45) is 2.47. The smallest absolute Gasteiger partial charge is 0.291 e. The molecule has 0 unspecified atom stereocenters. The summed E-state index contributed by atoms with van der Waals surface area (Å²) < 4.78 is 16.0. The van der Waals surface area contributed by atoms with Crippen LogP contribution in [0.15, 0.2) is 39.3 Å². The van der Waals surface area contributed by atoms with Crippen molar-refractivity contribution in [1.82, 2.24) is 10.1 Å². The van der Waals surface area contributed by atoms with Gasteiger partial charge in [-0.2, -0.15) is 0 Å². The van der Waals surface area contributed by atoms with Gasteiger partial charge in [0.2, 0.25) is 11.7 Å². The van der Waals surface area contributed by atoms with Crippen LogP contribution in [0.3, 0.4) is 0 Å². The van der Waals surface area contributed by atoms with Gasteiger partial charge in [-0.3, -0.25) is 9.59 Å². The van der Waals surface area contributed by atoms with Gasteiger partial charge in [-0.1, -0.05) is 19.1 Å². The normalized spacial score (nSPS) is 14.8. The number of para-hydroxylation sites is 1. The van der Waals surface area contributed by atoms with E-state index in [2.05, 4.69) is 17.4 Å². The molecule has 8 heteroatoms. The van der Waals surface area contributed by atoms with Crippen molar-refractivity contribution in [3.63, 3.8) is 0 Å². The minimum Gasteiger partial charge on any atom is -0.479 e. The number of carbonyl (C=O) groups is 2. The molecule has 2 aromatic heterocycles. The molecule has 1 saturated heterocycles. The molecule has 1 aromatic carbocycles. The molecular weight excluding hydrogens is 386 g/mol. The van der Waals surface area contributed by atoms with E-state index in [0.717, 1.165) is 12.8 Å². The lowest BCUT2D eigenvalue weighted by atomic mass is 9.99. The van der Waals surface area contributed by atoms with Gasteiger partial charge >= 0.3 is 0 Å². The molecule has 0 atom stereocenters. The minimum absolute atomic E-state index is 0.173. The number of carbonyl (C=O) groups excluding carboxylic acids is 2. The maximum absolute atomic E-state index is 13.1. The molecule has 158 valence electrons. The Bertz CT molecular complexity index is 1050. The number of nitrogens with zero attached hydrogens (tertiary/aromatic N) is 2. The fourth-order valence-electron chi connectivity index (χ4n) is 3.62. The Hall–Kier alpha value is -3.29. The van der Waals surface area contributed by atoms with E-state index in [1.54, 1.807) is 17.0 Å². The molecule has 2 amide bonds. The van der Waals surface area contributed by atoms with E-state index >= 15 is 0 Å². The summed E-state index contributed by atoms with van der Waals surface area (Å²) in [6, 6.07) is 8.97. The molecule has 1 aliphatic heterocycles. The van der Waals surface area contributed by atoms with Crippen LogP contribution in [0, 0.1) is 5.92 Å². The predicted molar refractivity (Wildman–Crippen MR) is 111 cm³/mol. The number of piperidine rings is 1. The van der Waals surface area contributed by atoms with E-state index in [9.17, 15) is 9.59 Å². The third-order valence-electron chi connectivity index (χ3n) is 5.47. The number of aryl methyl sites for hydroxylation is 1. The number of rotatable bonds is 6. The average molecular weight is 411 g/mol. The first kappa shape index (κ1) is 20.0. The highest BCUT2D eigenvalue weighted by Gasteiger charge is 2.28. The van der Waals surface area contributed by atoms with Gasteiger partial charge in [-0.15, -0.1) is 0 Å². The number of amides is 2. The molecule has 0 bridgehead atoms. The van der Waals surface area contributed by atoms with Crippen molar-refractivity contribution >= 4 is 28.5 Å². The van der Waals surface area contributed by atoms with Gasteiger partial charge in [0.1, 0.15) is 17.0 Å². The second-order valence-electron chi connectivity index (χ2n) is 7.66. The Kier molecular flexibility index (Phi) is 5.74. The number of aromatic nitrogens is 1. The van der Waals surface area contributed by atoms with Crippen LogP contribution in [-0.2, 0) is 11.2 Å². The zero-order chi connectivity index (χ0) is 21.1. The third-order valence-corrected chi connectivity index (χ3v) is 5.47. The Morgan fingerprint density at radius 1 is 1.27 bits per heavy atom. The van der Waals surface area contributed by atoms with Crippen molar-refractivity contribution in [2.45, 2.75) is 32.6 Å². The molecule has 3 aromatic rings. The average Bonchev–Trinajstić information content (AvgIpc) is 3.37. The number of hydrogen-bond acceptors (Lipinski definition) is 6. The summed E-state index contributed by atoms with van der Waals surface area (Å²) in [5.41, 5.74) is 0.996. The summed E-state index contributed by atoms with van der Waals surface area (Å²) in [5, 5.41) is 7.32. The van der Waals surface area contributed by atoms with Crippen LogP contribution in [-0.4, -0.2) is 42.1 Å². The van der Waals surface area contributed by atoms with Crippen molar-refractivity contribution < 1.29 is 23.3 Å². The van der Waals surface area contributed by atoms with Crippen LogP contribution in [0.4, 0.5) is 5.69 Å². The molecule has 0 saturated carbocycles. The fraction of sp³-hybridized carbons (Fsp3) is 0.409. The predicted octanol–water partition coefficient (Wildman–Crippen LogP) is 3.87. The highest BCUT2D eigenvalue weighted by Crippen LogP contribution is 2.33. The molecule has 8 nitrogen and oxygen atoms in total. The molecule has 0 aliphatic carbocycles. The zero-order valence-corrected chi connectivity index (χ0v) is 17.1. The van der Waals surface area contributed by atoms with Crippen molar-refractivity contribution in [3.8, 4) is 5.88 Å². The number of nitrogens with one attached hydrogen (secondary N) is 1. The van der Waals surface area contributed by atoms with E-state index < -0.39 is 0 Å². The molecule has 1 aliphatic rings. The maximum atomic E-state index is 13.1. The summed E-state index contributed by atoms with van der Waals surface area (Å²) >= 11 is 0. The first-order valence-electron chi connectivity index (χ1n) is 10.2. The van der Waals surface area contributed by atoms with Crippen LogP contribution in [0.25, 0.3) is 11.0 Å². The summed E-state index contributed by atoms with van der Waals surface area (Å²) in [5.74, 6) is 1.29. The summed E-state index contributed by atoms with van der Waals surface area (Å²) in [6.45, 7) is 3.58. The topological polar surface area (TPSA) is 97.8 Å². The number of methoxy groups -OCH3 is 1. The van der Waals surface area contributed by atoms with Gasteiger partial charge in [0.25, 0.3) is 11.8 Å². The van der Waals surface area contributed by atoms with Crippen LogP contribution in [0.2, 0.25) is 0 Å². The Labute approximate surface area is 174 Å². The highest BCUT2D eigenvalue weighted by atomic mass is 16.5. The van der Waals surface area contributed by atoms with E-state index in [4.69, 9.17) is 13.7 Å². The molecule has 3 heterocycles. The van der Waals surface area contributed by atoms with Gasteiger partial charge < -0.3 is 23.9 Å². The molecule has 1 fully saturated rings. The number of furan rings is 1. The van der Waals surface area contributed by atoms with Crippen LogP contribution < -0.4 is 10.1 Å². The Balaban J connectivity index is 1.52. The number of likely N-dealkylation sites (tertiary alicyclic amines) is 1. The van der Waals surface area contributed by atoms with Crippen molar-refractivity contribution in [3.05, 3.63) is 41.9 Å². The number of anilines is 1. The van der Waals surface area contributed by atoms with E-state index in [0.29, 0.717) is 53.7 Å². The lowest BCUT2D eigenvalue weighted by Crippen LogP contribution is -2.38. The van der Waals surface area contributed by atoms with Gasteiger partial charge in [0.15, 0.2) is 0 Å². The van der Waals surface area contributed by atoms with Gasteiger partial charge in [0, 0.05) is 37.4 Å². The van der Waals surface area contributed by atoms with Crippen molar-refractivity contribution in [1.29, 1.82) is 0 Å². The first-order valence-corrected chi connectivity index (χ1v) is 10.2. The summed E-state index contributed by atoms with van der Waals surface area (Å²) in [4.78, 5) is 27.6. The third kappa shape index (κ3) is 4.17. The molecule has 4 rings (SSSR count). The highest BCUT2D eigenvalue weighted by molar-refractivity contribution is 6.10. The molecule has 30 heavy (non-hydrogen) atoms. The standard InChI is InChI=1S/C22H25N3O5/c1-14-9-11-25(12-10-14)22(27)21-20(16-5-3-4-6-17(16)29-21)23-18(26)8-7-15-13-19(28-2)24-30-15/h3-6,13-14H,7-12H2,1-2H3,(H,23,26). The second kappa shape index (κ2) is 8.61. The van der Waals surface area contributed by atoms with Crippen molar-refractivity contribution in [2.24, 2.45) is 5.92 Å². The SMILES string of the molecule is COc1cc(CCC(=O)Nc2c(C(=O)N3CCC(C)CC3)oc3ccccc23)on1. The number of ether oxygens (including phenoxy) is 1. The van der Waals surface area contributed by atoms with E-state index in [-0.39, 0.29) is 24.0 Å². The minimum atomic E-state index is -0.238. The molecule has 0 radical (unpaired) electrons. The van der Waals surface area contributed by atoms with Gasteiger partial charge in [0.05, 0.1) is 7.11 Å². The van der Waals surface area contributed by atoms with Crippen LogP contribution >= 0.6 is 0 Å². The van der Waals surface area contributed by atoms with Crippen LogP contribution in [0.5, 0.6) is 5.88 Å². The van der Waals surface area contributed by atoms with Gasteiger partial charge in [-0.25, -0.2) is 0 Å². The number of benzene rings is 1. The number of fused-ring (bicyclic) bond motifs is 1. The lowest BCUT2D eigenvalue weighted by Gasteiger charge is -2.29. The molecule has 0 spiro atoms. The second-order valence-corrected chi connectivity index (χ2v) is 7.66. The fourth-order valence-corrected chi connectivity index (χ4v) is 3.62. The summed E-state index contributed by atoms with van der Waals surface area (Å²) in [7, 11) is 1.50. The first-order chi connectivity index (χ1) is 14.5. The van der Waals surface area contributed by atoms with Gasteiger partial charge in [-0.05, 0) is 36.0 Å². The van der Waals surface area contributed by atoms with E-state index in [1.807, 2.05) is 18.2 Å². The largest absolute Gasteiger partial charge is 0.479 e. The molecular formula is C22H25N3O5. The quantitative estimate of drug-likeness (QED) is 0.661. The Morgan fingerprint density at radius 3 is 2.77 bits per heavy atom. The maximum Gasteiger partial charge on any atom is 0.291 e. The van der Waals surface area contributed by atoms with E-state index in [1.165, 1.54) is 7.11 Å².